The van der Waals surface area contributed by atoms with Crippen LogP contribution in [0.25, 0.3) is 0 Å². The van der Waals surface area contributed by atoms with Gasteiger partial charge in [0.2, 0.25) is 0 Å². The van der Waals surface area contributed by atoms with E-state index in [4.69, 9.17) is 4.74 Å². The van der Waals surface area contributed by atoms with Crippen LogP contribution in [-0.2, 0) is 4.74 Å². The lowest BCUT2D eigenvalue weighted by atomic mass is 10.1. The second-order valence-electron chi connectivity index (χ2n) is 6.50. The van der Waals surface area contributed by atoms with Gasteiger partial charge >= 0.3 is 0 Å². The molecule has 1 heterocycles. The number of ether oxygens (including phenoxy) is 1. The minimum Gasteiger partial charge on any atom is -0.379 e. The van der Waals surface area contributed by atoms with E-state index >= 15 is 0 Å². The second-order valence-corrected chi connectivity index (χ2v) is 6.50. The fourth-order valence-corrected chi connectivity index (χ4v) is 3.12. The Labute approximate surface area is 158 Å². The maximum absolute atomic E-state index is 13.3. The fraction of sp³-hybridized carbons (Fsp3) is 0.350. The molecule has 0 bridgehead atoms. The van der Waals surface area contributed by atoms with E-state index in [9.17, 15) is 14.9 Å². The van der Waals surface area contributed by atoms with Crippen molar-refractivity contribution in [2.75, 3.05) is 44.3 Å². The van der Waals surface area contributed by atoms with Crippen LogP contribution in [0.15, 0.2) is 48.5 Å². The third kappa shape index (κ3) is 4.69. The van der Waals surface area contributed by atoms with E-state index in [0.29, 0.717) is 25.3 Å². The molecule has 1 aliphatic rings. The Morgan fingerprint density at radius 3 is 2.56 bits per heavy atom. The van der Waals surface area contributed by atoms with Crippen molar-refractivity contribution in [1.82, 2.24) is 4.90 Å². The molecule has 0 atom stereocenters. The number of carbonyl (C=O) groups is 1. The number of rotatable bonds is 6. The number of para-hydroxylation sites is 1. The highest BCUT2D eigenvalue weighted by atomic mass is 16.6. The molecule has 7 nitrogen and oxygen atoms in total. The van der Waals surface area contributed by atoms with Crippen molar-refractivity contribution >= 4 is 17.3 Å². The van der Waals surface area contributed by atoms with Crippen LogP contribution in [0.3, 0.4) is 0 Å². The van der Waals surface area contributed by atoms with Gasteiger partial charge in [-0.3, -0.25) is 19.8 Å². The lowest BCUT2D eigenvalue weighted by molar-refractivity contribution is -0.384. The molecule has 0 aliphatic carbocycles. The van der Waals surface area contributed by atoms with Gasteiger partial charge in [0.1, 0.15) is 0 Å². The van der Waals surface area contributed by atoms with Crippen LogP contribution >= 0.6 is 0 Å². The fourth-order valence-electron chi connectivity index (χ4n) is 3.12. The Kier molecular flexibility index (Phi) is 6.16. The molecule has 0 aromatic heterocycles. The van der Waals surface area contributed by atoms with E-state index in [-0.39, 0.29) is 11.6 Å². The third-order valence-electron chi connectivity index (χ3n) is 4.72. The van der Waals surface area contributed by atoms with Crippen LogP contribution in [0.5, 0.6) is 0 Å². The summed E-state index contributed by atoms with van der Waals surface area (Å²) < 4.78 is 5.37. The van der Waals surface area contributed by atoms with Gasteiger partial charge in [-0.05, 0) is 24.6 Å². The number of carbonyl (C=O) groups excluding carboxylic acids is 1. The molecular formula is C20H23N3O4. The zero-order chi connectivity index (χ0) is 19.2. The molecule has 1 amide bonds. The van der Waals surface area contributed by atoms with Crippen LogP contribution in [-0.4, -0.2) is 55.1 Å². The molecule has 0 radical (unpaired) electrons. The van der Waals surface area contributed by atoms with Crippen molar-refractivity contribution < 1.29 is 14.5 Å². The van der Waals surface area contributed by atoms with Crippen molar-refractivity contribution in [3.8, 4) is 0 Å². The van der Waals surface area contributed by atoms with Gasteiger partial charge in [-0.15, -0.1) is 0 Å². The zero-order valence-electron chi connectivity index (χ0n) is 15.3. The summed E-state index contributed by atoms with van der Waals surface area (Å²) in [6, 6.07) is 13.8. The molecule has 1 aliphatic heterocycles. The Balaban J connectivity index is 1.86. The predicted octanol–water partition coefficient (Wildman–Crippen LogP) is 2.88. The Hall–Kier alpha value is -2.77. The van der Waals surface area contributed by atoms with Crippen LogP contribution in [0.2, 0.25) is 0 Å². The predicted molar refractivity (Wildman–Crippen MR) is 103 cm³/mol. The van der Waals surface area contributed by atoms with E-state index in [0.717, 1.165) is 30.9 Å². The number of aryl methyl sites for hydroxylation is 1. The average Bonchev–Trinajstić information content (AvgIpc) is 2.69. The molecule has 0 N–H and O–H groups in total. The normalized spacial score (nSPS) is 14.7. The van der Waals surface area contributed by atoms with E-state index in [1.54, 1.807) is 17.9 Å². The summed E-state index contributed by atoms with van der Waals surface area (Å²) in [6.45, 7) is 6.09. The lowest BCUT2D eigenvalue weighted by Crippen LogP contribution is -2.43. The van der Waals surface area contributed by atoms with Gasteiger partial charge in [-0.2, -0.15) is 0 Å². The van der Waals surface area contributed by atoms with E-state index < -0.39 is 4.92 Å². The number of hydrogen-bond acceptors (Lipinski definition) is 5. The minimum atomic E-state index is -0.475. The molecule has 1 fully saturated rings. The number of nitrogens with zero attached hydrogens (tertiary/aromatic N) is 3. The third-order valence-corrected chi connectivity index (χ3v) is 4.72. The molecule has 0 spiro atoms. The van der Waals surface area contributed by atoms with E-state index in [1.807, 2.05) is 30.3 Å². The van der Waals surface area contributed by atoms with Gasteiger partial charge in [0.25, 0.3) is 11.6 Å². The average molecular weight is 369 g/mol. The Morgan fingerprint density at radius 1 is 1.19 bits per heavy atom. The van der Waals surface area contributed by atoms with Crippen molar-refractivity contribution in [1.29, 1.82) is 0 Å². The number of amides is 1. The lowest BCUT2D eigenvalue weighted by Gasteiger charge is -2.30. The van der Waals surface area contributed by atoms with E-state index in [2.05, 4.69) is 4.90 Å². The van der Waals surface area contributed by atoms with Crippen LogP contribution < -0.4 is 4.90 Å². The number of hydrogen-bond donors (Lipinski definition) is 0. The number of non-ortho nitro benzene ring substituents is 1. The largest absolute Gasteiger partial charge is 0.379 e. The first-order valence-electron chi connectivity index (χ1n) is 8.98. The maximum atomic E-state index is 13.3. The first-order chi connectivity index (χ1) is 13.1. The monoisotopic (exact) mass is 369 g/mol. The van der Waals surface area contributed by atoms with Gasteiger partial charge < -0.3 is 9.64 Å². The van der Waals surface area contributed by atoms with E-state index in [1.165, 1.54) is 12.1 Å². The van der Waals surface area contributed by atoms with Crippen LogP contribution in [0.1, 0.15) is 15.9 Å². The number of nitro groups is 1. The van der Waals surface area contributed by atoms with Gasteiger partial charge in [0, 0.05) is 49.6 Å². The standard InChI is InChI=1S/C20H23N3O4/c1-16-7-8-18(23(25)26)15-19(16)20(24)22(17-5-3-2-4-6-17)10-9-21-11-13-27-14-12-21/h2-8,15H,9-14H2,1H3. The van der Waals surface area contributed by atoms with Crippen molar-refractivity contribution in [3.63, 3.8) is 0 Å². The van der Waals surface area contributed by atoms with Gasteiger partial charge in [-0.1, -0.05) is 24.3 Å². The molecule has 2 aromatic rings. The number of benzene rings is 2. The SMILES string of the molecule is Cc1ccc([N+](=O)[O-])cc1C(=O)N(CCN1CCOCC1)c1ccccc1. The summed E-state index contributed by atoms with van der Waals surface area (Å²) in [6.07, 6.45) is 0. The number of morpholine rings is 1. The quantitative estimate of drug-likeness (QED) is 0.578. The summed E-state index contributed by atoms with van der Waals surface area (Å²) in [4.78, 5) is 27.9. The Morgan fingerprint density at radius 2 is 1.89 bits per heavy atom. The zero-order valence-corrected chi connectivity index (χ0v) is 15.3. The van der Waals surface area contributed by atoms with Crippen LogP contribution in [0, 0.1) is 17.0 Å². The van der Waals surface area contributed by atoms with Crippen molar-refractivity contribution in [3.05, 3.63) is 69.8 Å². The highest BCUT2D eigenvalue weighted by molar-refractivity contribution is 6.07. The number of nitro benzene ring substituents is 1. The molecule has 0 saturated carbocycles. The second kappa shape index (κ2) is 8.75. The van der Waals surface area contributed by atoms with Crippen molar-refractivity contribution in [2.45, 2.75) is 6.92 Å². The highest BCUT2D eigenvalue weighted by Gasteiger charge is 2.23. The molecule has 1 saturated heterocycles. The van der Waals surface area contributed by atoms with Crippen LogP contribution in [0.4, 0.5) is 11.4 Å². The summed E-state index contributed by atoms with van der Waals surface area (Å²) in [5.41, 5.74) is 1.78. The van der Waals surface area contributed by atoms with Gasteiger partial charge in [-0.25, -0.2) is 0 Å². The molecule has 0 unspecified atom stereocenters. The number of anilines is 1. The topological polar surface area (TPSA) is 75.9 Å². The first-order valence-corrected chi connectivity index (χ1v) is 8.98. The molecular weight excluding hydrogens is 346 g/mol. The summed E-state index contributed by atoms with van der Waals surface area (Å²) in [5.74, 6) is -0.226. The summed E-state index contributed by atoms with van der Waals surface area (Å²) in [5, 5.41) is 11.1. The minimum absolute atomic E-state index is 0.0786. The van der Waals surface area contributed by atoms with Gasteiger partial charge in [0.15, 0.2) is 0 Å². The summed E-state index contributed by atoms with van der Waals surface area (Å²) >= 11 is 0. The molecule has 2 aromatic carbocycles. The molecule has 27 heavy (non-hydrogen) atoms. The maximum Gasteiger partial charge on any atom is 0.270 e. The first kappa shape index (κ1) is 19.0. The highest BCUT2D eigenvalue weighted by Crippen LogP contribution is 2.22. The Bertz CT molecular complexity index is 804. The molecule has 3 rings (SSSR count). The van der Waals surface area contributed by atoms with Crippen molar-refractivity contribution in [2.24, 2.45) is 0 Å². The summed E-state index contributed by atoms with van der Waals surface area (Å²) in [7, 11) is 0. The smallest absolute Gasteiger partial charge is 0.270 e. The molecule has 142 valence electrons. The van der Waals surface area contributed by atoms with Gasteiger partial charge in [0.05, 0.1) is 18.1 Å². The molecule has 7 heteroatoms.